The zero-order valence-electron chi connectivity index (χ0n) is 7.38. The molecule has 0 saturated carbocycles. The van der Waals surface area contributed by atoms with Crippen molar-refractivity contribution >= 4 is 21.9 Å². The predicted octanol–water partition coefficient (Wildman–Crippen LogP) is 1.94. The third-order valence-corrected chi connectivity index (χ3v) is 2.72. The second kappa shape index (κ2) is 4.63. The monoisotopic (exact) mass is 280 g/mol. The minimum absolute atomic E-state index is 0.00685. The van der Waals surface area contributed by atoms with E-state index in [4.69, 9.17) is 10.8 Å². The van der Waals surface area contributed by atoms with Crippen LogP contribution in [0, 0.1) is 0 Å². The molecule has 0 saturated heterocycles. The number of aromatic carboxylic acids is 1. The van der Waals surface area contributed by atoms with Gasteiger partial charge >= 0.3 is 5.97 Å². The van der Waals surface area contributed by atoms with Gasteiger partial charge in [-0.3, -0.25) is 0 Å². The third-order valence-electron chi connectivity index (χ3n) is 1.78. The molecular weight excluding hydrogens is 274 g/mol. The molecule has 0 aliphatic carbocycles. The number of rotatable bonds is 3. The lowest BCUT2D eigenvalue weighted by Gasteiger charge is -2.09. The smallest absolute Gasteiger partial charge is 0.354 e. The van der Waals surface area contributed by atoms with Crippen LogP contribution in [-0.4, -0.2) is 16.1 Å². The van der Waals surface area contributed by atoms with Crippen LogP contribution in [0.3, 0.4) is 0 Å². The first-order valence-electron chi connectivity index (χ1n) is 3.87. The number of nitrogens with two attached hydrogens (primary N) is 1. The van der Waals surface area contributed by atoms with Crippen molar-refractivity contribution in [2.75, 3.05) is 0 Å². The fourth-order valence-corrected chi connectivity index (χ4v) is 1.69. The number of aromatic nitrogens is 1. The molecule has 0 spiro atoms. The van der Waals surface area contributed by atoms with E-state index in [0.29, 0.717) is 0 Å². The normalized spacial score (nSPS) is 10.7. The molecule has 3 N–H and O–H groups in total. The highest BCUT2D eigenvalue weighted by Crippen LogP contribution is 2.30. The number of halogens is 3. The van der Waals surface area contributed by atoms with Crippen LogP contribution in [0.4, 0.5) is 8.78 Å². The highest BCUT2D eigenvalue weighted by Gasteiger charge is 2.20. The van der Waals surface area contributed by atoms with Gasteiger partial charge in [-0.2, -0.15) is 0 Å². The van der Waals surface area contributed by atoms with Crippen molar-refractivity contribution in [3.05, 3.63) is 27.5 Å². The molecule has 0 radical (unpaired) electrons. The van der Waals surface area contributed by atoms with Gasteiger partial charge in [-0.25, -0.2) is 18.6 Å². The van der Waals surface area contributed by atoms with Crippen molar-refractivity contribution < 1.29 is 18.7 Å². The molecule has 0 amide bonds. The van der Waals surface area contributed by atoms with Crippen molar-refractivity contribution in [3.63, 3.8) is 0 Å². The molecule has 15 heavy (non-hydrogen) atoms. The largest absolute Gasteiger partial charge is 0.477 e. The van der Waals surface area contributed by atoms with Crippen LogP contribution in [0.5, 0.6) is 0 Å². The van der Waals surface area contributed by atoms with Crippen LogP contribution >= 0.6 is 15.9 Å². The lowest BCUT2D eigenvalue weighted by atomic mass is 10.1. The Balaban J connectivity index is 3.39. The molecule has 1 aromatic heterocycles. The van der Waals surface area contributed by atoms with Gasteiger partial charge in [0.15, 0.2) is 5.69 Å². The number of pyridine rings is 1. The molecular formula is C8H7BrF2N2O2. The summed E-state index contributed by atoms with van der Waals surface area (Å²) in [5.41, 5.74) is 4.68. The molecule has 0 aliphatic rings. The first-order chi connectivity index (χ1) is 6.99. The summed E-state index contributed by atoms with van der Waals surface area (Å²) in [5, 5.41) is 8.72. The van der Waals surface area contributed by atoms with E-state index in [-0.39, 0.29) is 27.8 Å². The van der Waals surface area contributed by atoms with E-state index in [9.17, 15) is 13.6 Å². The fourth-order valence-electron chi connectivity index (χ4n) is 1.07. The zero-order chi connectivity index (χ0) is 11.6. The molecule has 0 bridgehead atoms. The molecule has 0 fully saturated rings. The second-order valence-electron chi connectivity index (χ2n) is 2.66. The van der Waals surface area contributed by atoms with Gasteiger partial charge in [-0.05, 0) is 15.9 Å². The van der Waals surface area contributed by atoms with Gasteiger partial charge in [0.1, 0.15) is 0 Å². The summed E-state index contributed by atoms with van der Waals surface area (Å²) in [5.74, 6) is -1.29. The van der Waals surface area contributed by atoms with Gasteiger partial charge in [0, 0.05) is 22.8 Å². The Hall–Kier alpha value is -1.08. The predicted molar refractivity (Wildman–Crippen MR) is 51.7 cm³/mol. The van der Waals surface area contributed by atoms with Crippen molar-refractivity contribution in [2.45, 2.75) is 13.0 Å². The molecule has 4 nitrogen and oxygen atoms in total. The van der Waals surface area contributed by atoms with Gasteiger partial charge in [0.25, 0.3) is 6.43 Å². The van der Waals surface area contributed by atoms with E-state index < -0.39 is 12.4 Å². The Bertz CT molecular complexity index is 398. The number of carboxylic acid groups (broad SMARTS) is 1. The van der Waals surface area contributed by atoms with E-state index >= 15 is 0 Å². The molecule has 0 unspecified atom stereocenters. The molecule has 0 atom stereocenters. The van der Waals surface area contributed by atoms with E-state index in [1.165, 1.54) is 0 Å². The van der Waals surface area contributed by atoms with Gasteiger partial charge < -0.3 is 10.8 Å². The number of carbonyl (C=O) groups is 1. The lowest BCUT2D eigenvalue weighted by molar-refractivity contribution is 0.0688. The van der Waals surface area contributed by atoms with E-state index in [0.717, 1.165) is 6.20 Å². The summed E-state index contributed by atoms with van der Waals surface area (Å²) < 4.78 is 24.8. The minimum Gasteiger partial charge on any atom is -0.477 e. The molecule has 1 heterocycles. The molecule has 1 rings (SSSR count). The highest BCUT2D eigenvalue weighted by molar-refractivity contribution is 9.10. The van der Waals surface area contributed by atoms with Gasteiger partial charge in [0.05, 0.1) is 5.56 Å². The first kappa shape index (κ1) is 12.0. The van der Waals surface area contributed by atoms with E-state index in [2.05, 4.69) is 20.9 Å². The van der Waals surface area contributed by atoms with Crippen LogP contribution in [0.25, 0.3) is 0 Å². The third kappa shape index (κ3) is 2.29. The summed E-state index contributed by atoms with van der Waals surface area (Å²) in [6.45, 7) is -0.171. The van der Waals surface area contributed by atoms with Crippen molar-refractivity contribution in [2.24, 2.45) is 5.73 Å². The van der Waals surface area contributed by atoms with Gasteiger partial charge in [-0.15, -0.1) is 0 Å². The SMILES string of the molecule is NCc1c(C(=O)O)ncc(C(F)F)c1Br. The van der Waals surface area contributed by atoms with Crippen LogP contribution in [0.15, 0.2) is 10.7 Å². The van der Waals surface area contributed by atoms with Crippen molar-refractivity contribution in [1.82, 2.24) is 4.98 Å². The minimum atomic E-state index is -2.72. The number of nitrogens with zero attached hydrogens (tertiary/aromatic N) is 1. The van der Waals surface area contributed by atoms with Crippen LogP contribution < -0.4 is 5.73 Å². The van der Waals surface area contributed by atoms with Crippen LogP contribution in [0.1, 0.15) is 28.0 Å². The Morgan fingerprint density at radius 2 is 2.27 bits per heavy atom. The van der Waals surface area contributed by atoms with Gasteiger partial charge in [0.2, 0.25) is 0 Å². The van der Waals surface area contributed by atoms with E-state index in [1.807, 2.05) is 0 Å². The molecule has 0 aromatic carbocycles. The Labute approximate surface area is 92.2 Å². The van der Waals surface area contributed by atoms with Crippen LogP contribution in [-0.2, 0) is 6.54 Å². The number of hydrogen-bond donors (Lipinski definition) is 2. The summed E-state index contributed by atoms with van der Waals surface area (Å²) in [6, 6.07) is 0. The summed E-state index contributed by atoms with van der Waals surface area (Å²) in [4.78, 5) is 14.1. The number of hydrogen-bond acceptors (Lipinski definition) is 3. The van der Waals surface area contributed by atoms with Crippen molar-refractivity contribution in [3.8, 4) is 0 Å². The highest BCUT2D eigenvalue weighted by atomic mass is 79.9. The number of carboxylic acids is 1. The summed E-state index contributed by atoms with van der Waals surface area (Å²) >= 11 is 2.90. The Kier molecular flexibility index (Phi) is 3.70. The summed E-state index contributed by atoms with van der Waals surface area (Å²) in [7, 11) is 0. The molecule has 0 aliphatic heterocycles. The maximum atomic E-state index is 12.4. The Morgan fingerprint density at radius 1 is 1.67 bits per heavy atom. The average Bonchev–Trinajstić information content (AvgIpc) is 2.16. The average molecular weight is 281 g/mol. The fraction of sp³-hybridized carbons (Fsp3) is 0.250. The molecule has 7 heteroatoms. The summed E-state index contributed by atoms with van der Waals surface area (Å²) in [6.07, 6.45) is -1.89. The lowest BCUT2D eigenvalue weighted by Crippen LogP contribution is -2.11. The Morgan fingerprint density at radius 3 is 2.67 bits per heavy atom. The quantitative estimate of drug-likeness (QED) is 0.887. The zero-order valence-corrected chi connectivity index (χ0v) is 8.96. The number of alkyl halides is 2. The van der Waals surface area contributed by atoms with Gasteiger partial charge in [-0.1, -0.05) is 0 Å². The van der Waals surface area contributed by atoms with Crippen LogP contribution in [0.2, 0.25) is 0 Å². The topological polar surface area (TPSA) is 76.2 Å². The standard InChI is InChI=1S/C8H7BrF2N2O2/c9-5-3(1-12)6(8(14)15)13-2-4(5)7(10)11/h2,7H,1,12H2,(H,14,15). The first-order valence-corrected chi connectivity index (χ1v) is 4.67. The molecule has 1 aromatic rings. The maximum absolute atomic E-state index is 12.4. The second-order valence-corrected chi connectivity index (χ2v) is 3.46. The molecule has 82 valence electrons. The maximum Gasteiger partial charge on any atom is 0.354 e. The van der Waals surface area contributed by atoms with Crippen molar-refractivity contribution in [1.29, 1.82) is 0 Å². The van der Waals surface area contributed by atoms with E-state index in [1.54, 1.807) is 0 Å².